The quantitative estimate of drug-likeness (QED) is 0.642. The summed E-state index contributed by atoms with van der Waals surface area (Å²) in [5.41, 5.74) is 1.07. The zero-order valence-corrected chi connectivity index (χ0v) is 8.81. The first-order valence-electron chi connectivity index (χ1n) is 4.55. The number of rotatable bonds is 1. The molecule has 1 N–H and O–H groups in total. The zero-order valence-electron chi connectivity index (χ0n) is 8.81. The van der Waals surface area contributed by atoms with Gasteiger partial charge < -0.3 is 5.32 Å². The molecule has 0 heterocycles. The van der Waals surface area contributed by atoms with Gasteiger partial charge in [0.15, 0.2) is 5.78 Å². The standard InChI is InChI=1S/C11H15NO2/c1-7-6-11(3,4)10(5-9(7)14)12-8(2)13/h5H,1,6H2,2-4H3,(H,12,13). The van der Waals surface area contributed by atoms with E-state index in [1.54, 1.807) is 0 Å². The Morgan fingerprint density at radius 1 is 1.57 bits per heavy atom. The first-order valence-corrected chi connectivity index (χ1v) is 4.55. The Morgan fingerprint density at radius 2 is 2.14 bits per heavy atom. The highest BCUT2D eigenvalue weighted by Crippen LogP contribution is 2.35. The maximum atomic E-state index is 11.3. The third-order valence-electron chi connectivity index (χ3n) is 2.32. The van der Waals surface area contributed by atoms with E-state index < -0.39 is 0 Å². The average Bonchev–Trinajstić information content (AvgIpc) is 1.98. The lowest BCUT2D eigenvalue weighted by Crippen LogP contribution is -2.34. The molecule has 0 atom stereocenters. The molecule has 0 fully saturated rings. The lowest BCUT2D eigenvalue weighted by molar-refractivity contribution is -0.118. The van der Waals surface area contributed by atoms with Gasteiger partial charge in [-0.15, -0.1) is 0 Å². The van der Waals surface area contributed by atoms with Crippen LogP contribution in [-0.2, 0) is 9.59 Å². The smallest absolute Gasteiger partial charge is 0.221 e. The molecule has 3 heteroatoms. The van der Waals surface area contributed by atoms with E-state index in [1.165, 1.54) is 13.0 Å². The van der Waals surface area contributed by atoms with Crippen LogP contribution in [0, 0.1) is 5.41 Å². The second-order valence-electron chi connectivity index (χ2n) is 4.27. The summed E-state index contributed by atoms with van der Waals surface area (Å²) in [7, 11) is 0. The SMILES string of the molecule is C=C1CC(C)(C)C(NC(C)=O)=CC1=O. The van der Waals surface area contributed by atoms with Gasteiger partial charge in [-0.25, -0.2) is 0 Å². The molecular formula is C11H15NO2. The first-order chi connectivity index (χ1) is 6.33. The molecule has 0 aromatic rings. The maximum Gasteiger partial charge on any atom is 0.221 e. The topological polar surface area (TPSA) is 46.2 Å². The number of nitrogens with one attached hydrogen (secondary N) is 1. The monoisotopic (exact) mass is 193 g/mol. The van der Waals surface area contributed by atoms with Crippen LogP contribution in [0.1, 0.15) is 27.2 Å². The highest BCUT2D eigenvalue weighted by molar-refractivity contribution is 6.05. The van der Waals surface area contributed by atoms with Crippen LogP contribution in [0.4, 0.5) is 0 Å². The number of hydrogen-bond donors (Lipinski definition) is 1. The van der Waals surface area contributed by atoms with Crippen LogP contribution in [0.5, 0.6) is 0 Å². The Balaban J connectivity index is 3.00. The predicted molar refractivity (Wildman–Crippen MR) is 54.4 cm³/mol. The van der Waals surface area contributed by atoms with Crippen molar-refractivity contribution in [3.05, 3.63) is 23.9 Å². The Hall–Kier alpha value is -1.38. The van der Waals surface area contributed by atoms with Crippen LogP contribution in [0.2, 0.25) is 0 Å². The maximum absolute atomic E-state index is 11.3. The van der Waals surface area contributed by atoms with Gasteiger partial charge >= 0.3 is 0 Å². The molecule has 14 heavy (non-hydrogen) atoms. The molecule has 0 saturated carbocycles. The van der Waals surface area contributed by atoms with E-state index in [4.69, 9.17) is 0 Å². The van der Waals surface area contributed by atoms with Gasteiger partial charge in [0.1, 0.15) is 0 Å². The number of allylic oxidation sites excluding steroid dienone is 3. The van der Waals surface area contributed by atoms with Gasteiger partial charge in [0.05, 0.1) is 0 Å². The minimum Gasteiger partial charge on any atom is -0.329 e. The van der Waals surface area contributed by atoms with Crippen LogP contribution in [0.3, 0.4) is 0 Å². The largest absolute Gasteiger partial charge is 0.329 e. The van der Waals surface area contributed by atoms with Crippen molar-refractivity contribution in [3.63, 3.8) is 0 Å². The summed E-state index contributed by atoms with van der Waals surface area (Å²) in [6.07, 6.45) is 2.06. The molecule has 0 unspecified atom stereocenters. The molecule has 76 valence electrons. The average molecular weight is 193 g/mol. The number of carbonyl (C=O) groups is 2. The van der Waals surface area contributed by atoms with Crippen molar-refractivity contribution < 1.29 is 9.59 Å². The molecule has 0 spiro atoms. The van der Waals surface area contributed by atoms with Crippen molar-refractivity contribution >= 4 is 11.7 Å². The molecule has 3 nitrogen and oxygen atoms in total. The number of hydrogen-bond acceptors (Lipinski definition) is 2. The van der Waals surface area contributed by atoms with Crippen molar-refractivity contribution in [2.45, 2.75) is 27.2 Å². The lowest BCUT2D eigenvalue weighted by atomic mass is 9.77. The fraction of sp³-hybridized carbons (Fsp3) is 0.455. The summed E-state index contributed by atoms with van der Waals surface area (Å²) in [5.74, 6) is -0.238. The van der Waals surface area contributed by atoms with Gasteiger partial charge in [-0.2, -0.15) is 0 Å². The number of ketones is 1. The second-order valence-corrected chi connectivity index (χ2v) is 4.27. The van der Waals surface area contributed by atoms with Gasteiger partial charge in [-0.3, -0.25) is 9.59 Å². The molecule has 0 saturated heterocycles. The summed E-state index contributed by atoms with van der Waals surface area (Å²) < 4.78 is 0. The van der Waals surface area contributed by atoms with Crippen molar-refractivity contribution in [3.8, 4) is 0 Å². The lowest BCUT2D eigenvalue weighted by Gasteiger charge is -2.31. The molecular weight excluding hydrogens is 178 g/mol. The predicted octanol–water partition coefficient (Wildman–Crippen LogP) is 1.56. The first kappa shape index (κ1) is 10.7. The van der Waals surface area contributed by atoms with E-state index in [2.05, 4.69) is 11.9 Å². The Kier molecular flexibility index (Phi) is 2.60. The fourth-order valence-electron chi connectivity index (χ4n) is 1.54. The van der Waals surface area contributed by atoms with Gasteiger partial charge in [0.2, 0.25) is 5.91 Å². The Bertz CT molecular complexity index is 337. The third-order valence-corrected chi connectivity index (χ3v) is 2.32. The summed E-state index contributed by atoms with van der Waals surface area (Å²) in [6.45, 7) is 9.09. The molecule has 0 aliphatic heterocycles. The number of amides is 1. The van der Waals surface area contributed by atoms with Crippen molar-refractivity contribution in [2.24, 2.45) is 5.41 Å². The minimum atomic E-state index is -0.212. The Morgan fingerprint density at radius 3 is 2.64 bits per heavy atom. The second kappa shape index (κ2) is 3.40. The minimum absolute atomic E-state index is 0.0897. The van der Waals surface area contributed by atoms with Gasteiger partial charge in [0, 0.05) is 24.1 Å². The number of carbonyl (C=O) groups excluding carboxylic acids is 2. The van der Waals surface area contributed by atoms with Crippen LogP contribution in [-0.4, -0.2) is 11.7 Å². The zero-order chi connectivity index (χ0) is 10.9. The van der Waals surface area contributed by atoms with Crippen LogP contribution < -0.4 is 5.32 Å². The summed E-state index contributed by atoms with van der Waals surface area (Å²) in [4.78, 5) is 22.2. The third kappa shape index (κ3) is 2.10. The van der Waals surface area contributed by atoms with E-state index in [0.29, 0.717) is 17.7 Å². The van der Waals surface area contributed by atoms with E-state index in [-0.39, 0.29) is 17.1 Å². The molecule has 1 aliphatic carbocycles. The van der Waals surface area contributed by atoms with Crippen molar-refractivity contribution in [1.29, 1.82) is 0 Å². The van der Waals surface area contributed by atoms with E-state index in [0.717, 1.165) is 0 Å². The molecule has 0 bridgehead atoms. The summed E-state index contributed by atoms with van der Waals surface area (Å²) in [5, 5.41) is 2.68. The highest BCUT2D eigenvalue weighted by Gasteiger charge is 2.31. The molecule has 0 radical (unpaired) electrons. The molecule has 0 aromatic heterocycles. The Labute approximate surface area is 83.9 Å². The normalized spacial score (nSPS) is 20.4. The molecule has 1 amide bonds. The molecule has 1 aliphatic rings. The van der Waals surface area contributed by atoms with Crippen molar-refractivity contribution in [1.82, 2.24) is 5.32 Å². The fourth-order valence-corrected chi connectivity index (χ4v) is 1.54. The van der Waals surface area contributed by atoms with Crippen LogP contribution in [0.25, 0.3) is 0 Å². The van der Waals surface area contributed by atoms with Gasteiger partial charge in [-0.1, -0.05) is 20.4 Å². The highest BCUT2D eigenvalue weighted by atomic mass is 16.1. The van der Waals surface area contributed by atoms with Gasteiger partial charge in [-0.05, 0) is 12.0 Å². The van der Waals surface area contributed by atoms with Gasteiger partial charge in [0.25, 0.3) is 0 Å². The summed E-state index contributed by atoms with van der Waals surface area (Å²) in [6, 6.07) is 0. The summed E-state index contributed by atoms with van der Waals surface area (Å²) >= 11 is 0. The van der Waals surface area contributed by atoms with Crippen LogP contribution in [0.15, 0.2) is 23.9 Å². The van der Waals surface area contributed by atoms with E-state index >= 15 is 0 Å². The van der Waals surface area contributed by atoms with E-state index in [1.807, 2.05) is 13.8 Å². The molecule has 0 aromatic carbocycles. The van der Waals surface area contributed by atoms with E-state index in [9.17, 15) is 9.59 Å². The van der Waals surface area contributed by atoms with Crippen LogP contribution >= 0.6 is 0 Å². The molecule has 1 rings (SSSR count). The van der Waals surface area contributed by atoms with Crippen molar-refractivity contribution in [2.75, 3.05) is 0 Å².